The average Bonchev–Trinajstić information content (AvgIpc) is 2.77. The molecule has 1 fully saturated rings. The first-order valence-corrected chi connectivity index (χ1v) is 11.9. The first kappa shape index (κ1) is 22.0. The van der Waals surface area contributed by atoms with Crippen molar-refractivity contribution in [1.82, 2.24) is 19.2 Å². The van der Waals surface area contributed by atoms with Crippen molar-refractivity contribution in [1.29, 1.82) is 0 Å². The van der Waals surface area contributed by atoms with Gasteiger partial charge in [-0.25, -0.2) is 13.2 Å². The second-order valence-corrected chi connectivity index (χ2v) is 9.69. The van der Waals surface area contributed by atoms with E-state index in [1.165, 1.54) is 4.31 Å². The van der Waals surface area contributed by atoms with Crippen LogP contribution in [0.5, 0.6) is 0 Å². The number of nitrogens with two attached hydrogens (primary N) is 1. The first-order chi connectivity index (χ1) is 15.3. The molecule has 9 nitrogen and oxygen atoms in total. The Morgan fingerprint density at radius 2 is 1.47 bits per heavy atom. The molecule has 0 amide bonds. The van der Waals surface area contributed by atoms with E-state index in [0.717, 1.165) is 11.1 Å². The van der Waals surface area contributed by atoms with Crippen LogP contribution in [0.15, 0.2) is 70.3 Å². The minimum atomic E-state index is -3.47. The molecule has 0 bridgehead atoms. The Labute approximate surface area is 185 Å². The monoisotopic (exact) mass is 455 g/mol. The van der Waals surface area contributed by atoms with Crippen molar-refractivity contribution in [2.24, 2.45) is 0 Å². The van der Waals surface area contributed by atoms with E-state index in [-0.39, 0.29) is 17.1 Å². The number of sulfonamides is 1. The topological polar surface area (TPSA) is 132 Å². The van der Waals surface area contributed by atoms with Gasteiger partial charge in [0.05, 0.1) is 17.4 Å². The quantitative estimate of drug-likeness (QED) is 0.506. The van der Waals surface area contributed by atoms with Gasteiger partial charge < -0.3 is 5.73 Å². The maximum absolute atomic E-state index is 12.9. The Bertz CT molecular complexity index is 1280. The summed E-state index contributed by atoms with van der Waals surface area (Å²) in [6, 6.07) is 17.9. The molecule has 1 aliphatic rings. The highest BCUT2D eigenvalue weighted by Crippen LogP contribution is 2.30. The van der Waals surface area contributed by atoms with Crippen molar-refractivity contribution < 1.29 is 8.42 Å². The molecule has 3 aromatic rings. The SMILES string of the molecule is Nc1[nH]c(=O)[nH]c(=O)c1C(c1ccccc1)N1CCN(S(=O)(=O)Cc2ccccc2)CC1. The van der Waals surface area contributed by atoms with E-state index in [1.54, 1.807) is 12.1 Å². The first-order valence-electron chi connectivity index (χ1n) is 10.3. The lowest BCUT2D eigenvalue weighted by Crippen LogP contribution is -2.51. The summed E-state index contributed by atoms with van der Waals surface area (Å²) in [4.78, 5) is 31.0. The number of nitrogen functional groups attached to an aromatic ring is 1. The lowest BCUT2D eigenvalue weighted by atomic mass is 9.97. The van der Waals surface area contributed by atoms with E-state index in [9.17, 15) is 18.0 Å². The van der Waals surface area contributed by atoms with E-state index >= 15 is 0 Å². The molecule has 2 heterocycles. The number of nitrogens with zero attached hydrogens (tertiary/aromatic N) is 2. The Morgan fingerprint density at radius 1 is 0.875 bits per heavy atom. The molecule has 168 valence electrons. The molecule has 1 aromatic heterocycles. The maximum Gasteiger partial charge on any atom is 0.327 e. The molecule has 4 N–H and O–H groups in total. The van der Waals surface area contributed by atoms with Gasteiger partial charge in [0, 0.05) is 26.2 Å². The molecule has 4 rings (SSSR count). The molecule has 2 aromatic carbocycles. The molecule has 0 aliphatic carbocycles. The van der Waals surface area contributed by atoms with Crippen molar-refractivity contribution in [2.75, 3.05) is 31.9 Å². The maximum atomic E-state index is 12.9. The zero-order chi connectivity index (χ0) is 22.7. The Hall–Kier alpha value is -3.21. The zero-order valence-corrected chi connectivity index (χ0v) is 18.2. The van der Waals surface area contributed by atoms with E-state index in [2.05, 4.69) is 9.97 Å². The molecule has 0 saturated carbocycles. The summed E-state index contributed by atoms with van der Waals surface area (Å²) in [7, 11) is -3.47. The molecule has 0 spiro atoms. The standard InChI is InChI=1S/C22H25N5O4S/c23-20-18(21(28)25-22(29)24-20)19(17-9-5-2-6-10-17)26-11-13-27(14-12-26)32(30,31)15-16-7-3-1-4-8-16/h1-10,19H,11-15H2,(H4,23,24,25,28,29). The van der Waals surface area contributed by atoms with Crippen LogP contribution in [0, 0.1) is 0 Å². The summed E-state index contributed by atoms with van der Waals surface area (Å²) in [5.41, 5.74) is 6.64. The lowest BCUT2D eigenvalue weighted by molar-refractivity contribution is 0.155. The fourth-order valence-corrected chi connectivity index (χ4v) is 5.61. The summed E-state index contributed by atoms with van der Waals surface area (Å²) in [6.07, 6.45) is 0. The number of benzene rings is 2. The van der Waals surface area contributed by atoms with Gasteiger partial charge in [-0.1, -0.05) is 60.7 Å². The molecule has 0 radical (unpaired) electrons. The summed E-state index contributed by atoms with van der Waals surface area (Å²) < 4.78 is 27.3. The fourth-order valence-electron chi connectivity index (χ4n) is 4.10. The Balaban J connectivity index is 1.59. The van der Waals surface area contributed by atoms with Crippen molar-refractivity contribution in [3.05, 3.63) is 98.2 Å². The predicted octanol–water partition coefficient (Wildman–Crippen LogP) is 0.882. The van der Waals surface area contributed by atoms with E-state index in [1.807, 2.05) is 53.4 Å². The summed E-state index contributed by atoms with van der Waals surface area (Å²) in [5.74, 6) is -0.0468. The highest BCUT2D eigenvalue weighted by Gasteiger charge is 2.33. The van der Waals surface area contributed by atoms with Crippen molar-refractivity contribution in [3.8, 4) is 0 Å². The number of hydrogen-bond donors (Lipinski definition) is 3. The number of hydrogen-bond acceptors (Lipinski definition) is 6. The van der Waals surface area contributed by atoms with Crippen LogP contribution in [0.4, 0.5) is 5.82 Å². The number of nitrogens with one attached hydrogen (secondary N) is 2. The number of H-pyrrole nitrogens is 2. The molecule has 1 saturated heterocycles. The van der Waals surface area contributed by atoms with Crippen LogP contribution in [0.3, 0.4) is 0 Å². The number of rotatable bonds is 6. The van der Waals surface area contributed by atoms with Crippen LogP contribution < -0.4 is 17.0 Å². The summed E-state index contributed by atoms with van der Waals surface area (Å²) in [6.45, 7) is 1.40. The third-order valence-corrected chi connectivity index (χ3v) is 7.47. The second-order valence-electron chi connectivity index (χ2n) is 7.73. The van der Waals surface area contributed by atoms with Gasteiger partial charge in [0.15, 0.2) is 0 Å². The van der Waals surface area contributed by atoms with E-state index in [4.69, 9.17) is 5.73 Å². The largest absolute Gasteiger partial charge is 0.385 e. The average molecular weight is 456 g/mol. The van der Waals surface area contributed by atoms with Crippen molar-refractivity contribution in [3.63, 3.8) is 0 Å². The van der Waals surface area contributed by atoms with Gasteiger partial charge in [0.1, 0.15) is 5.82 Å². The van der Waals surface area contributed by atoms with Gasteiger partial charge in [-0.2, -0.15) is 4.31 Å². The van der Waals surface area contributed by atoms with Crippen molar-refractivity contribution in [2.45, 2.75) is 11.8 Å². The Kier molecular flexibility index (Phi) is 6.26. The van der Waals surface area contributed by atoms with E-state index in [0.29, 0.717) is 26.2 Å². The van der Waals surface area contributed by atoms with Gasteiger partial charge in [-0.05, 0) is 11.1 Å². The lowest BCUT2D eigenvalue weighted by Gasteiger charge is -2.39. The minimum Gasteiger partial charge on any atom is -0.385 e. The van der Waals surface area contributed by atoms with Crippen LogP contribution >= 0.6 is 0 Å². The Morgan fingerprint density at radius 3 is 2.06 bits per heavy atom. The summed E-state index contributed by atoms with van der Waals surface area (Å²) in [5, 5.41) is 0. The van der Waals surface area contributed by atoms with Crippen LogP contribution in [-0.2, 0) is 15.8 Å². The predicted molar refractivity (Wildman–Crippen MR) is 123 cm³/mol. The number of aromatic nitrogens is 2. The smallest absolute Gasteiger partial charge is 0.327 e. The van der Waals surface area contributed by atoms with Gasteiger partial charge in [0.25, 0.3) is 5.56 Å². The summed E-state index contributed by atoms with van der Waals surface area (Å²) >= 11 is 0. The molecule has 1 atom stereocenters. The third-order valence-electron chi connectivity index (χ3n) is 5.62. The van der Waals surface area contributed by atoms with Gasteiger partial charge in [0.2, 0.25) is 10.0 Å². The fraction of sp³-hybridized carbons (Fsp3) is 0.273. The molecular formula is C22H25N5O4S. The van der Waals surface area contributed by atoms with Crippen LogP contribution in [-0.4, -0.2) is 53.8 Å². The molecule has 1 aliphatic heterocycles. The number of aromatic amines is 2. The highest BCUT2D eigenvalue weighted by atomic mass is 32.2. The van der Waals surface area contributed by atoms with Gasteiger partial charge in [-0.15, -0.1) is 0 Å². The second kappa shape index (κ2) is 9.11. The molecule has 1 unspecified atom stereocenters. The highest BCUT2D eigenvalue weighted by molar-refractivity contribution is 7.88. The molecule has 10 heteroatoms. The van der Waals surface area contributed by atoms with Crippen molar-refractivity contribution >= 4 is 15.8 Å². The van der Waals surface area contributed by atoms with Crippen LogP contribution in [0.25, 0.3) is 0 Å². The third kappa shape index (κ3) is 4.67. The number of piperazine rings is 1. The molecular weight excluding hydrogens is 430 g/mol. The van der Waals surface area contributed by atoms with Gasteiger partial charge >= 0.3 is 5.69 Å². The van der Waals surface area contributed by atoms with Gasteiger partial charge in [-0.3, -0.25) is 19.7 Å². The van der Waals surface area contributed by atoms with Crippen LogP contribution in [0.2, 0.25) is 0 Å². The minimum absolute atomic E-state index is 0.00623. The zero-order valence-electron chi connectivity index (χ0n) is 17.4. The molecule has 32 heavy (non-hydrogen) atoms. The van der Waals surface area contributed by atoms with Crippen LogP contribution in [0.1, 0.15) is 22.7 Å². The number of anilines is 1. The normalized spacial score (nSPS) is 16.6. The van der Waals surface area contributed by atoms with E-state index < -0.39 is 27.3 Å².